The number of rotatable bonds is 2. The topological polar surface area (TPSA) is 90.8 Å². The van der Waals surface area contributed by atoms with Gasteiger partial charge in [-0.05, 0) is 12.8 Å². The summed E-state index contributed by atoms with van der Waals surface area (Å²) in [5, 5.41) is 0. The van der Waals surface area contributed by atoms with E-state index >= 15 is 0 Å². The summed E-state index contributed by atoms with van der Waals surface area (Å²) in [6.07, 6.45) is 1.70. The lowest BCUT2D eigenvalue weighted by Crippen LogP contribution is -2.40. The number of carbonyl (C=O) groups is 1. The van der Waals surface area contributed by atoms with Crippen molar-refractivity contribution in [3.05, 3.63) is 12.1 Å². The molecule has 0 spiro atoms. The van der Waals surface area contributed by atoms with Gasteiger partial charge in [0.1, 0.15) is 19.3 Å². The fourth-order valence-corrected chi connectivity index (χ4v) is 2.69. The zero-order valence-corrected chi connectivity index (χ0v) is 10.6. The van der Waals surface area contributed by atoms with Crippen LogP contribution in [-0.2, 0) is 4.79 Å². The molecule has 102 valence electrons. The molecule has 1 saturated heterocycles. The summed E-state index contributed by atoms with van der Waals surface area (Å²) in [4.78, 5) is 13.4. The molecule has 1 aromatic rings. The second-order valence-electron chi connectivity index (χ2n) is 4.81. The van der Waals surface area contributed by atoms with Crippen LogP contribution in [0.4, 0.5) is 11.4 Å². The molecule has 4 N–H and O–H groups in total. The van der Waals surface area contributed by atoms with Crippen molar-refractivity contribution in [3.8, 4) is 11.5 Å². The van der Waals surface area contributed by atoms with Crippen LogP contribution >= 0.6 is 0 Å². The van der Waals surface area contributed by atoms with E-state index in [-0.39, 0.29) is 11.9 Å². The Morgan fingerprint density at radius 2 is 1.95 bits per heavy atom. The first-order valence-electron chi connectivity index (χ1n) is 6.42. The number of nitrogens with zero attached hydrogens (tertiary/aromatic N) is 1. The molecular weight excluding hydrogens is 246 g/mol. The van der Waals surface area contributed by atoms with Gasteiger partial charge in [0.25, 0.3) is 0 Å². The third-order valence-electron chi connectivity index (χ3n) is 3.58. The van der Waals surface area contributed by atoms with E-state index in [4.69, 9.17) is 20.9 Å². The van der Waals surface area contributed by atoms with Gasteiger partial charge in [0.15, 0.2) is 11.5 Å². The van der Waals surface area contributed by atoms with Crippen LogP contribution < -0.4 is 25.8 Å². The van der Waals surface area contributed by atoms with Gasteiger partial charge >= 0.3 is 0 Å². The van der Waals surface area contributed by atoms with E-state index in [1.54, 1.807) is 6.07 Å². The van der Waals surface area contributed by atoms with E-state index in [0.717, 1.165) is 25.1 Å². The zero-order valence-electron chi connectivity index (χ0n) is 10.6. The molecular formula is C13H17N3O3. The first kappa shape index (κ1) is 12.0. The number of anilines is 2. The Labute approximate surface area is 111 Å². The van der Waals surface area contributed by atoms with Gasteiger partial charge in [0, 0.05) is 18.7 Å². The number of fused-ring (bicyclic) bond motifs is 1. The number of benzene rings is 1. The fraction of sp³-hybridized carbons (Fsp3) is 0.462. The molecule has 6 nitrogen and oxygen atoms in total. The Hall–Kier alpha value is -2.11. The number of ether oxygens (including phenoxy) is 2. The predicted molar refractivity (Wildman–Crippen MR) is 71.4 cm³/mol. The number of amides is 1. The molecule has 2 aliphatic rings. The van der Waals surface area contributed by atoms with Crippen LogP contribution in [0.3, 0.4) is 0 Å². The average molecular weight is 263 g/mol. The maximum atomic E-state index is 11.5. The molecule has 3 rings (SSSR count). The molecule has 2 aliphatic heterocycles. The van der Waals surface area contributed by atoms with Crippen LogP contribution in [-0.4, -0.2) is 31.7 Å². The molecule has 19 heavy (non-hydrogen) atoms. The zero-order chi connectivity index (χ0) is 13.4. The van der Waals surface area contributed by atoms with Crippen molar-refractivity contribution in [1.29, 1.82) is 0 Å². The number of nitrogen functional groups attached to an aromatic ring is 1. The number of carbonyl (C=O) groups excluding carboxylic acids is 1. The number of nitrogens with two attached hydrogens (primary N) is 2. The standard InChI is InChI=1S/C13H17N3O3/c14-8-6-11-12(19-5-4-18-11)7-10(8)16-3-1-2-9(16)13(15)17/h6-7,9H,1-5,14H2,(H2,15,17). The van der Waals surface area contributed by atoms with Crippen LogP contribution in [0.1, 0.15) is 12.8 Å². The molecule has 1 atom stereocenters. The summed E-state index contributed by atoms with van der Waals surface area (Å²) in [5.41, 5.74) is 12.9. The Bertz CT molecular complexity index is 518. The summed E-state index contributed by atoms with van der Waals surface area (Å²) in [7, 11) is 0. The number of hydrogen-bond donors (Lipinski definition) is 2. The lowest BCUT2D eigenvalue weighted by Gasteiger charge is -2.28. The highest BCUT2D eigenvalue weighted by Gasteiger charge is 2.31. The predicted octanol–water partition coefficient (Wildman–Crippen LogP) is 0.494. The highest BCUT2D eigenvalue weighted by atomic mass is 16.6. The number of primary amides is 1. The molecule has 1 fully saturated rings. The van der Waals surface area contributed by atoms with Crippen LogP contribution in [0.15, 0.2) is 12.1 Å². The van der Waals surface area contributed by atoms with Crippen molar-refractivity contribution in [1.82, 2.24) is 0 Å². The van der Waals surface area contributed by atoms with Crippen molar-refractivity contribution in [2.75, 3.05) is 30.4 Å². The minimum absolute atomic E-state index is 0.287. The molecule has 0 saturated carbocycles. The normalized spacial score (nSPS) is 21.5. The second-order valence-corrected chi connectivity index (χ2v) is 4.81. The van der Waals surface area contributed by atoms with E-state index in [9.17, 15) is 4.79 Å². The van der Waals surface area contributed by atoms with Crippen molar-refractivity contribution >= 4 is 17.3 Å². The maximum Gasteiger partial charge on any atom is 0.240 e. The summed E-state index contributed by atoms with van der Waals surface area (Å²) in [6.45, 7) is 1.83. The number of hydrogen-bond acceptors (Lipinski definition) is 5. The fourth-order valence-electron chi connectivity index (χ4n) is 2.69. The molecule has 2 heterocycles. The average Bonchev–Trinajstić information content (AvgIpc) is 2.87. The highest BCUT2D eigenvalue weighted by Crippen LogP contribution is 2.40. The minimum Gasteiger partial charge on any atom is -0.486 e. The highest BCUT2D eigenvalue weighted by molar-refractivity contribution is 5.86. The third-order valence-corrected chi connectivity index (χ3v) is 3.58. The van der Waals surface area contributed by atoms with Crippen LogP contribution in [0, 0.1) is 0 Å². The van der Waals surface area contributed by atoms with Crippen LogP contribution in [0.2, 0.25) is 0 Å². The van der Waals surface area contributed by atoms with E-state index < -0.39 is 0 Å². The van der Waals surface area contributed by atoms with Gasteiger partial charge < -0.3 is 25.8 Å². The van der Waals surface area contributed by atoms with Gasteiger partial charge in [-0.15, -0.1) is 0 Å². The van der Waals surface area contributed by atoms with Crippen molar-refractivity contribution in [3.63, 3.8) is 0 Å². The monoisotopic (exact) mass is 263 g/mol. The molecule has 1 aromatic carbocycles. The van der Waals surface area contributed by atoms with Crippen LogP contribution in [0.25, 0.3) is 0 Å². The van der Waals surface area contributed by atoms with Crippen molar-refractivity contribution in [2.45, 2.75) is 18.9 Å². The first-order chi connectivity index (χ1) is 9.16. The molecule has 0 radical (unpaired) electrons. The Morgan fingerprint density at radius 1 is 1.26 bits per heavy atom. The van der Waals surface area contributed by atoms with E-state index in [1.807, 2.05) is 11.0 Å². The molecule has 1 amide bonds. The summed E-state index contributed by atoms with van der Waals surface area (Å²) < 4.78 is 11.0. The molecule has 0 aromatic heterocycles. The van der Waals surface area contributed by atoms with Gasteiger partial charge in [-0.1, -0.05) is 0 Å². The summed E-state index contributed by atoms with van der Waals surface area (Å²) >= 11 is 0. The summed E-state index contributed by atoms with van der Waals surface area (Å²) in [6, 6.07) is 3.30. The lowest BCUT2D eigenvalue weighted by atomic mass is 10.1. The molecule has 1 unspecified atom stereocenters. The maximum absolute atomic E-state index is 11.5. The summed E-state index contributed by atoms with van der Waals surface area (Å²) in [5.74, 6) is 1.01. The van der Waals surface area contributed by atoms with Gasteiger partial charge in [-0.25, -0.2) is 0 Å². The van der Waals surface area contributed by atoms with Gasteiger partial charge in [-0.2, -0.15) is 0 Å². The van der Waals surface area contributed by atoms with Gasteiger partial charge in [-0.3, -0.25) is 4.79 Å². The Kier molecular flexibility index (Phi) is 2.85. The van der Waals surface area contributed by atoms with Gasteiger partial charge in [0.2, 0.25) is 5.91 Å². The minimum atomic E-state index is -0.313. The van der Waals surface area contributed by atoms with E-state index in [2.05, 4.69) is 0 Å². The lowest BCUT2D eigenvalue weighted by molar-refractivity contribution is -0.119. The van der Waals surface area contributed by atoms with Crippen molar-refractivity contribution < 1.29 is 14.3 Å². The Morgan fingerprint density at radius 3 is 2.63 bits per heavy atom. The molecule has 0 aliphatic carbocycles. The Balaban J connectivity index is 1.98. The SMILES string of the molecule is NC(=O)C1CCCN1c1cc2c(cc1N)OCCO2. The van der Waals surface area contributed by atoms with Crippen molar-refractivity contribution in [2.24, 2.45) is 5.73 Å². The van der Waals surface area contributed by atoms with E-state index in [1.165, 1.54) is 0 Å². The third kappa shape index (κ3) is 2.03. The second kappa shape index (κ2) is 4.53. The van der Waals surface area contributed by atoms with Gasteiger partial charge in [0.05, 0.1) is 11.4 Å². The molecule has 6 heteroatoms. The molecule has 0 bridgehead atoms. The quantitative estimate of drug-likeness (QED) is 0.758. The smallest absolute Gasteiger partial charge is 0.240 e. The van der Waals surface area contributed by atoms with Crippen LogP contribution in [0.5, 0.6) is 11.5 Å². The largest absolute Gasteiger partial charge is 0.486 e. The first-order valence-corrected chi connectivity index (χ1v) is 6.42. The van der Waals surface area contributed by atoms with E-state index in [0.29, 0.717) is 30.4 Å².